The quantitative estimate of drug-likeness (QED) is 0.850. The molecule has 0 saturated carbocycles. The Balaban J connectivity index is 1.47. The van der Waals surface area contributed by atoms with Gasteiger partial charge in [0.1, 0.15) is 0 Å². The average molecular weight is 347 g/mol. The van der Waals surface area contributed by atoms with E-state index < -0.39 is 0 Å². The number of nitrogens with zero attached hydrogens (tertiary/aromatic N) is 2. The number of rotatable bonds is 6. The highest BCUT2D eigenvalue weighted by atomic mass is 16.5. The standard InChI is InChI=1S/C19H29N3O3/c1-2-16-12-15(13-18(23)20-16)19(24)22-9-6-17(14-22)25-11-10-21-7-4-3-5-8-21/h12-13,17H,2-11,14H2,1H3,(H,20,23)/t17-/m1/s1. The number of nitrogens with one attached hydrogen (secondary N) is 1. The summed E-state index contributed by atoms with van der Waals surface area (Å²) in [4.78, 5) is 31.4. The molecule has 2 aliphatic heterocycles. The maximum atomic E-state index is 12.6. The van der Waals surface area contributed by atoms with Gasteiger partial charge in [0, 0.05) is 37.0 Å². The minimum absolute atomic E-state index is 0.0667. The van der Waals surface area contributed by atoms with Crippen molar-refractivity contribution >= 4 is 5.91 Å². The first-order valence-electron chi connectivity index (χ1n) is 9.52. The van der Waals surface area contributed by atoms with Crippen LogP contribution in [0, 0.1) is 0 Å². The summed E-state index contributed by atoms with van der Waals surface area (Å²) >= 11 is 0. The summed E-state index contributed by atoms with van der Waals surface area (Å²) < 4.78 is 5.99. The summed E-state index contributed by atoms with van der Waals surface area (Å²) in [5, 5.41) is 0. The zero-order chi connectivity index (χ0) is 17.6. The lowest BCUT2D eigenvalue weighted by Crippen LogP contribution is -2.34. The summed E-state index contributed by atoms with van der Waals surface area (Å²) in [7, 11) is 0. The van der Waals surface area contributed by atoms with Gasteiger partial charge in [-0.15, -0.1) is 0 Å². The Morgan fingerprint density at radius 2 is 2.04 bits per heavy atom. The Bertz CT molecular complexity index is 637. The minimum atomic E-state index is -0.212. The molecule has 25 heavy (non-hydrogen) atoms. The van der Waals surface area contributed by atoms with Crippen molar-refractivity contribution in [2.24, 2.45) is 0 Å². The van der Waals surface area contributed by atoms with Crippen molar-refractivity contribution in [1.82, 2.24) is 14.8 Å². The number of pyridine rings is 1. The van der Waals surface area contributed by atoms with Crippen LogP contribution in [-0.4, -0.2) is 66.1 Å². The van der Waals surface area contributed by atoms with Gasteiger partial charge in [-0.25, -0.2) is 0 Å². The van der Waals surface area contributed by atoms with Crippen LogP contribution in [0.5, 0.6) is 0 Å². The predicted molar refractivity (Wildman–Crippen MR) is 97.0 cm³/mol. The zero-order valence-corrected chi connectivity index (χ0v) is 15.1. The third-order valence-corrected chi connectivity index (χ3v) is 5.17. The third-order valence-electron chi connectivity index (χ3n) is 5.17. The van der Waals surface area contributed by atoms with Crippen LogP contribution < -0.4 is 5.56 Å². The van der Waals surface area contributed by atoms with Gasteiger partial charge in [-0.1, -0.05) is 13.3 Å². The van der Waals surface area contributed by atoms with Crippen molar-refractivity contribution in [2.75, 3.05) is 39.3 Å². The van der Waals surface area contributed by atoms with Gasteiger partial charge in [0.25, 0.3) is 5.91 Å². The molecule has 1 atom stereocenters. The van der Waals surface area contributed by atoms with Crippen LogP contribution in [0.4, 0.5) is 0 Å². The van der Waals surface area contributed by atoms with Crippen molar-refractivity contribution in [3.05, 3.63) is 33.7 Å². The fraction of sp³-hybridized carbons (Fsp3) is 0.684. The van der Waals surface area contributed by atoms with Gasteiger partial charge in [0.05, 0.1) is 12.7 Å². The van der Waals surface area contributed by atoms with Crippen molar-refractivity contribution in [3.63, 3.8) is 0 Å². The smallest absolute Gasteiger partial charge is 0.254 e. The Morgan fingerprint density at radius 3 is 2.80 bits per heavy atom. The number of piperidine rings is 1. The Hall–Kier alpha value is -1.66. The Morgan fingerprint density at radius 1 is 1.24 bits per heavy atom. The number of carbonyl (C=O) groups excluding carboxylic acids is 1. The molecule has 0 bridgehead atoms. The number of carbonyl (C=O) groups is 1. The van der Waals surface area contributed by atoms with E-state index in [9.17, 15) is 9.59 Å². The summed E-state index contributed by atoms with van der Waals surface area (Å²) in [5.74, 6) is -0.0667. The van der Waals surface area contributed by atoms with Gasteiger partial charge < -0.3 is 19.5 Å². The van der Waals surface area contributed by atoms with Crippen LogP contribution in [-0.2, 0) is 11.2 Å². The summed E-state index contributed by atoms with van der Waals surface area (Å²) in [6.45, 7) is 7.36. The van der Waals surface area contributed by atoms with Gasteiger partial charge in [-0.3, -0.25) is 9.59 Å². The highest BCUT2D eigenvalue weighted by Gasteiger charge is 2.28. The van der Waals surface area contributed by atoms with Gasteiger partial charge in [0.15, 0.2) is 0 Å². The normalized spacial score (nSPS) is 21.6. The molecule has 1 N–H and O–H groups in total. The second-order valence-electron chi connectivity index (χ2n) is 7.05. The fourth-order valence-electron chi connectivity index (χ4n) is 3.68. The molecule has 2 saturated heterocycles. The summed E-state index contributed by atoms with van der Waals surface area (Å²) in [5.41, 5.74) is 1.06. The third kappa shape index (κ3) is 4.92. The van der Waals surface area contributed by atoms with Crippen molar-refractivity contribution in [3.8, 4) is 0 Å². The molecule has 3 rings (SSSR count). The molecule has 0 aromatic carbocycles. The topological polar surface area (TPSA) is 65.6 Å². The van der Waals surface area contributed by atoms with Gasteiger partial charge in [0.2, 0.25) is 5.56 Å². The number of likely N-dealkylation sites (tertiary alicyclic amines) is 2. The van der Waals surface area contributed by atoms with E-state index in [1.165, 1.54) is 38.4 Å². The largest absolute Gasteiger partial charge is 0.375 e. The van der Waals surface area contributed by atoms with Gasteiger partial charge in [-0.2, -0.15) is 0 Å². The van der Waals surface area contributed by atoms with E-state index in [2.05, 4.69) is 9.88 Å². The van der Waals surface area contributed by atoms with E-state index >= 15 is 0 Å². The molecule has 3 heterocycles. The Kier molecular flexibility index (Phi) is 6.26. The molecular weight excluding hydrogens is 318 g/mol. The number of ether oxygens (including phenoxy) is 1. The molecule has 2 fully saturated rings. The first-order chi connectivity index (χ1) is 12.2. The number of amides is 1. The number of aromatic amines is 1. The van der Waals surface area contributed by atoms with Crippen LogP contribution >= 0.6 is 0 Å². The molecule has 6 nitrogen and oxygen atoms in total. The highest BCUT2D eigenvalue weighted by molar-refractivity contribution is 5.94. The van der Waals surface area contributed by atoms with Crippen LogP contribution in [0.25, 0.3) is 0 Å². The molecule has 1 amide bonds. The molecule has 1 aromatic rings. The monoisotopic (exact) mass is 347 g/mol. The lowest BCUT2D eigenvalue weighted by Gasteiger charge is -2.26. The summed E-state index contributed by atoms with van der Waals surface area (Å²) in [6.07, 6.45) is 5.62. The van der Waals surface area contributed by atoms with Crippen molar-refractivity contribution in [1.29, 1.82) is 0 Å². The molecule has 0 aliphatic carbocycles. The number of aryl methyl sites for hydroxylation is 1. The lowest BCUT2D eigenvalue weighted by atomic mass is 10.1. The molecule has 138 valence electrons. The number of hydrogen-bond donors (Lipinski definition) is 1. The second-order valence-corrected chi connectivity index (χ2v) is 7.05. The summed E-state index contributed by atoms with van der Waals surface area (Å²) in [6, 6.07) is 3.18. The number of hydrogen-bond acceptors (Lipinski definition) is 4. The van der Waals surface area contributed by atoms with Crippen LogP contribution in [0.1, 0.15) is 48.7 Å². The van der Waals surface area contributed by atoms with E-state index in [0.717, 1.165) is 25.3 Å². The van der Waals surface area contributed by atoms with E-state index in [0.29, 0.717) is 25.1 Å². The number of H-pyrrole nitrogens is 1. The van der Waals surface area contributed by atoms with Crippen LogP contribution in [0.3, 0.4) is 0 Å². The van der Waals surface area contributed by atoms with Crippen LogP contribution in [0.2, 0.25) is 0 Å². The van der Waals surface area contributed by atoms with E-state index in [1.807, 2.05) is 6.92 Å². The lowest BCUT2D eigenvalue weighted by molar-refractivity contribution is 0.0379. The van der Waals surface area contributed by atoms with Crippen molar-refractivity contribution in [2.45, 2.75) is 45.1 Å². The van der Waals surface area contributed by atoms with Gasteiger partial charge >= 0.3 is 0 Å². The second kappa shape index (κ2) is 8.63. The number of aromatic nitrogens is 1. The zero-order valence-electron chi connectivity index (χ0n) is 15.1. The molecule has 1 aromatic heterocycles. The van der Waals surface area contributed by atoms with E-state index in [-0.39, 0.29) is 17.6 Å². The molecular formula is C19H29N3O3. The first kappa shape index (κ1) is 18.1. The van der Waals surface area contributed by atoms with E-state index in [1.54, 1.807) is 11.0 Å². The predicted octanol–water partition coefficient (Wildman–Crippen LogP) is 1.65. The first-order valence-corrected chi connectivity index (χ1v) is 9.52. The van der Waals surface area contributed by atoms with E-state index in [4.69, 9.17) is 4.74 Å². The average Bonchev–Trinajstić information content (AvgIpc) is 3.10. The van der Waals surface area contributed by atoms with Crippen molar-refractivity contribution < 1.29 is 9.53 Å². The highest BCUT2D eigenvalue weighted by Crippen LogP contribution is 2.16. The molecule has 6 heteroatoms. The maximum Gasteiger partial charge on any atom is 0.254 e. The minimum Gasteiger partial charge on any atom is -0.375 e. The Labute approximate surface area is 149 Å². The maximum absolute atomic E-state index is 12.6. The van der Waals surface area contributed by atoms with Crippen LogP contribution in [0.15, 0.2) is 16.9 Å². The molecule has 0 spiro atoms. The molecule has 0 unspecified atom stereocenters. The fourth-order valence-corrected chi connectivity index (χ4v) is 3.68. The molecule has 2 aliphatic rings. The van der Waals surface area contributed by atoms with Gasteiger partial charge in [-0.05, 0) is 44.8 Å². The SMILES string of the molecule is CCc1cc(C(=O)N2CC[C@@H](OCCN3CCCCC3)C2)cc(=O)[nH]1. The molecule has 0 radical (unpaired) electrons.